The lowest BCUT2D eigenvalue weighted by Gasteiger charge is -2.24. The van der Waals surface area contributed by atoms with Gasteiger partial charge >= 0.3 is 5.97 Å². The van der Waals surface area contributed by atoms with Crippen molar-refractivity contribution < 1.29 is 9.53 Å². The molecule has 2 rings (SSSR count). The molecule has 118 valence electrons. The molecule has 1 aliphatic heterocycles. The molecule has 1 aromatic rings. The molecule has 1 aromatic carbocycles. The Bertz CT molecular complexity index is 589. The van der Waals surface area contributed by atoms with Crippen molar-refractivity contribution in [1.82, 2.24) is 4.90 Å². The highest BCUT2D eigenvalue weighted by Gasteiger charge is 2.19. The number of rotatable bonds is 4. The Morgan fingerprint density at radius 3 is 2.68 bits per heavy atom. The molecule has 0 aromatic heterocycles. The van der Waals surface area contributed by atoms with Gasteiger partial charge in [0.05, 0.1) is 20.0 Å². The molecule has 1 heterocycles. The fourth-order valence-electron chi connectivity index (χ4n) is 2.15. The van der Waals surface area contributed by atoms with E-state index in [0.29, 0.717) is 18.8 Å². The van der Waals surface area contributed by atoms with E-state index in [1.807, 2.05) is 45.0 Å². The second kappa shape index (κ2) is 8.82. The first kappa shape index (κ1) is 17.7. The van der Waals surface area contributed by atoms with E-state index in [1.54, 1.807) is 17.3 Å². The maximum atomic E-state index is 11.8. The highest BCUT2D eigenvalue weighted by Crippen LogP contribution is 2.21. The first-order chi connectivity index (χ1) is 10.6. The largest absolute Gasteiger partial charge is 0.464 e. The van der Waals surface area contributed by atoms with Crippen LogP contribution in [-0.2, 0) is 16.1 Å². The van der Waals surface area contributed by atoms with Crippen LogP contribution in [0.2, 0.25) is 0 Å². The van der Waals surface area contributed by atoms with E-state index in [1.165, 1.54) is 7.11 Å². The number of hydrogen-bond acceptors (Lipinski definition) is 4. The van der Waals surface area contributed by atoms with Gasteiger partial charge in [0.2, 0.25) is 0 Å². The predicted octanol–water partition coefficient (Wildman–Crippen LogP) is 3.65. The smallest absolute Gasteiger partial charge is 0.354 e. The Labute approximate surface area is 132 Å². The van der Waals surface area contributed by atoms with E-state index >= 15 is 0 Å². The van der Waals surface area contributed by atoms with Crippen LogP contribution in [0.1, 0.15) is 31.9 Å². The monoisotopic (exact) mass is 300 g/mol. The number of allylic oxidation sites excluding steroid dienone is 1. The van der Waals surface area contributed by atoms with Crippen molar-refractivity contribution in [2.45, 2.75) is 27.3 Å². The average molecular weight is 300 g/mol. The fourth-order valence-corrected chi connectivity index (χ4v) is 2.15. The Balaban J connectivity index is 0.00000116. The first-order valence-corrected chi connectivity index (χ1v) is 7.42. The number of nitrogens with zero attached hydrogens (tertiary/aromatic N) is 2. The molecule has 22 heavy (non-hydrogen) atoms. The third-order valence-electron chi connectivity index (χ3n) is 3.13. The molecule has 0 amide bonds. The van der Waals surface area contributed by atoms with Crippen LogP contribution in [0.25, 0.3) is 5.57 Å². The van der Waals surface area contributed by atoms with Gasteiger partial charge in [-0.05, 0) is 24.1 Å². The normalized spacial score (nSPS) is 12.9. The highest BCUT2D eigenvalue weighted by atomic mass is 16.5. The predicted molar refractivity (Wildman–Crippen MR) is 91.5 cm³/mol. The van der Waals surface area contributed by atoms with Crippen LogP contribution >= 0.6 is 0 Å². The summed E-state index contributed by atoms with van der Waals surface area (Å²) in [5, 5.41) is 0. The quantitative estimate of drug-likeness (QED) is 0.797. The Morgan fingerprint density at radius 1 is 1.36 bits per heavy atom. The standard InChI is InChI=1S/C16H18N2O2.C2H6/c1-12(2)14-7-5-4-6-13(14)10-18-11-17-9-8-15(18)16(19)20-3;1-2/h4-8,11H,1,9-10H2,2-3H3;1-2H3. The van der Waals surface area contributed by atoms with Gasteiger partial charge in [0, 0.05) is 6.54 Å². The lowest BCUT2D eigenvalue weighted by Crippen LogP contribution is -2.29. The molecule has 0 fully saturated rings. The molecule has 1 aliphatic rings. The van der Waals surface area contributed by atoms with Crippen LogP contribution < -0.4 is 0 Å². The molecule has 0 saturated heterocycles. The molecule has 0 bridgehead atoms. The summed E-state index contributed by atoms with van der Waals surface area (Å²) in [5.74, 6) is -0.344. The fraction of sp³-hybridized carbons (Fsp3) is 0.333. The maximum Gasteiger partial charge on any atom is 0.354 e. The summed E-state index contributed by atoms with van der Waals surface area (Å²) in [7, 11) is 1.38. The summed E-state index contributed by atoms with van der Waals surface area (Å²) in [6, 6.07) is 8.01. The molecule has 4 nitrogen and oxygen atoms in total. The number of benzene rings is 1. The van der Waals surface area contributed by atoms with Gasteiger partial charge in [-0.2, -0.15) is 0 Å². The average Bonchev–Trinajstić information content (AvgIpc) is 2.57. The van der Waals surface area contributed by atoms with Gasteiger partial charge in [-0.1, -0.05) is 50.3 Å². The minimum atomic E-state index is -0.344. The summed E-state index contributed by atoms with van der Waals surface area (Å²) in [4.78, 5) is 17.8. The van der Waals surface area contributed by atoms with Gasteiger partial charge < -0.3 is 9.64 Å². The summed E-state index contributed by atoms with van der Waals surface area (Å²) >= 11 is 0. The third-order valence-corrected chi connectivity index (χ3v) is 3.13. The molecule has 0 N–H and O–H groups in total. The Kier molecular flexibility index (Phi) is 7.09. The molecule has 0 atom stereocenters. The molecule has 0 radical (unpaired) electrons. The zero-order chi connectivity index (χ0) is 16.5. The summed E-state index contributed by atoms with van der Waals surface area (Å²) in [5.41, 5.74) is 3.72. The SMILES string of the molecule is C=C(C)c1ccccc1CN1C=NCC=C1C(=O)OC.CC. The number of ether oxygens (including phenoxy) is 1. The molecule has 0 unspecified atom stereocenters. The van der Waals surface area contributed by atoms with Crippen LogP contribution in [0.3, 0.4) is 0 Å². The second-order valence-corrected chi connectivity index (χ2v) is 4.63. The van der Waals surface area contributed by atoms with Crippen molar-refractivity contribution in [1.29, 1.82) is 0 Å². The van der Waals surface area contributed by atoms with Crippen LogP contribution in [0, 0.1) is 0 Å². The van der Waals surface area contributed by atoms with Gasteiger partial charge in [-0.15, -0.1) is 0 Å². The lowest BCUT2D eigenvalue weighted by atomic mass is 10.0. The Hall–Kier alpha value is -2.36. The minimum absolute atomic E-state index is 0.344. The number of esters is 1. The second-order valence-electron chi connectivity index (χ2n) is 4.63. The van der Waals surface area contributed by atoms with Crippen molar-refractivity contribution in [3.8, 4) is 0 Å². The van der Waals surface area contributed by atoms with Gasteiger partial charge in [-0.3, -0.25) is 4.99 Å². The van der Waals surface area contributed by atoms with Gasteiger partial charge in [0.25, 0.3) is 0 Å². The zero-order valence-electron chi connectivity index (χ0n) is 13.8. The molecule has 0 aliphatic carbocycles. The van der Waals surface area contributed by atoms with E-state index in [2.05, 4.69) is 11.6 Å². The molecule has 0 spiro atoms. The first-order valence-electron chi connectivity index (χ1n) is 7.42. The Morgan fingerprint density at radius 2 is 2.05 bits per heavy atom. The van der Waals surface area contributed by atoms with Crippen molar-refractivity contribution in [3.05, 3.63) is 53.7 Å². The van der Waals surface area contributed by atoms with Crippen LogP contribution in [0.15, 0.2) is 47.6 Å². The van der Waals surface area contributed by atoms with E-state index in [9.17, 15) is 4.79 Å². The van der Waals surface area contributed by atoms with Gasteiger partial charge in [0.15, 0.2) is 0 Å². The van der Waals surface area contributed by atoms with Crippen LogP contribution in [-0.4, -0.2) is 30.9 Å². The molecular formula is C18H24N2O2. The zero-order valence-corrected chi connectivity index (χ0v) is 13.8. The van der Waals surface area contributed by atoms with E-state index in [4.69, 9.17) is 4.74 Å². The number of carbonyl (C=O) groups is 1. The maximum absolute atomic E-state index is 11.8. The van der Waals surface area contributed by atoms with Crippen LogP contribution in [0.4, 0.5) is 0 Å². The van der Waals surface area contributed by atoms with E-state index in [0.717, 1.165) is 16.7 Å². The molecule has 0 saturated carbocycles. The summed E-state index contributed by atoms with van der Waals surface area (Å²) in [6.07, 6.45) is 3.46. The van der Waals surface area contributed by atoms with Crippen molar-refractivity contribution >= 4 is 17.9 Å². The van der Waals surface area contributed by atoms with E-state index < -0.39 is 0 Å². The summed E-state index contributed by atoms with van der Waals surface area (Å²) in [6.45, 7) is 11.0. The lowest BCUT2D eigenvalue weighted by molar-refractivity contribution is -0.137. The van der Waals surface area contributed by atoms with Crippen molar-refractivity contribution in [3.63, 3.8) is 0 Å². The van der Waals surface area contributed by atoms with Gasteiger partial charge in [0.1, 0.15) is 5.70 Å². The number of carbonyl (C=O) groups excluding carboxylic acids is 1. The number of aliphatic imine (C=N–C) groups is 1. The van der Waals surface area contributed by atoms with Crippen LogP contribution in [0.5, 0.6) is 0 Å². The summed E-state index contributed by atoms with van der Waals surface area (Å²) < 4.78 is 4.81. The molecular weight excluding hydrogens is 276 g/mol. The van der Waals surface area contributed by atoms with E-state index in [-0.39, 0.29) is 5.97 Å². The number of methoxy groups -OCH3 is 1. The van der Waals surface area contributed by atoms with Crippen molar-refractivity contribution in [2.75, 3.05) is 13.7 Å². The third kappa shape index (κ3) is 4.32. The highest BCUT2D eigenvalue weighted by molar-refractivity contribution is 5.91. The number of hydrogen-bond donors (Lipinski definition) is 0. The van der Waals surface area contributed by atoms with Gasteiger partial charge in [-0.25, -0.2) is 4.79 Å². The minimum Gasteiger partial charge on any atom is -0.464 e. The van der Waals surface area contributed by atoms with Crippen molar-refractivity contribution in [2.24, 2.45) is 4.99 Å². The molecule has 4 heteroatoms. The topological polar surface area (TPSA) is 41.9 Å².